The molecule has 0 N–H and O–H groups in total. The third-order valence-electron chi connectivity index (χ3n) is 12.4. The molecule has 288 valence electrons. The summed E-state index contributed by atoms with van der Waals surface area (Å²) in [7, 11) is 0. The molecule has 0 saturated carbocycles. The summed E-state index contributed by atoms with van der Waals surface area (Å²) in [4.78, 5) is 15.5. The van der Waals surface area contributed by atoms with E-state index in [0.717, 1.165) is 77.2 Å². The van der Waals surface area contributed by atoms with Gasteiger partial charge in [0.15, 0.2) is 17.5 Å². The number of benzene rings is 10. The van der Waals surface area contributed by atoms with E-state index in [2.05, 4.69) is 168 Å². The van der Waals surface area contributed by atoms with Crippen LogP contribution in [0, 0.1) is 0 Å². The van der Waals surface area contributed by atoms with Gasteiger partial charge in [-0.3, -0.25) is 0 Å². The third-order valence-corrected chi connectivity index (χ3v) is 12.4. The molecule has 13 aromatic rings. The Hall–Kier alpha value is -8.41. The zero-order valence-corrected chi connectivity index (χ0v) is 33.3. The predicted octanol–water partition coefficient (Wildman–Crippen LogP) is 15.0. The van der Waals surface area contributed by atoms with Gasteiger partial charge in [-0.2, -0.15) is 0 Å². The van der Waals surface area contributed by atoms with Crippen LogP contribution in [0.2, 0.25) is 0 Å². The van der Waals surface area contributed by atoms with Gasteiger partial charge in [-0.1, -0.05) is 170 Å². The molecule has 0 bridgehead atoms. The standard InChI is InChI=1S/C57H34N4O/c1-3-14-35(15-4-1)36-26-28-38(29-27-36)56-58-55(37-16-5-2-6-17-37)59-57(60-56)45-24-13-25-52-53(45)48-34-51(43-22-11-12-23-44(43)54(48)62-52)61-49-32-41-20-9-7-18-39(41)30-46(49)47-31-40-19-8-10-21-42(40)33-50(47)61/h1-34H. The Labute approximate surface area is 355 Å². The van der Waals surface area contributed by atoms with Crippen LogP contribution in [0.25, 0.3) is 127 Å². The fourth-order valence-electron chi connectivity index (χ4n) is 9.43. The molecule has 3 heterocycles. The van der Waals surface area contributed by atoms with Gasteiger partial charge in [0.05, 0.1) is 16.7 Å². The Morgan fingerprint density at radius 3 is 1.45 bits per heavy atom. The minimum atomic E-state index is 0.582. The van der Waals surface area contributed by atoms with Gasteiger partial charge >= 0.3 is 0 Å². The van der Waals surface area contributed by atoms with Crippen molar-refractivity contribution < 1.29 is 4.42 Å². The molecule has 62 heavy (non-hydrogen) atoms. The molecule has 0 atom stereocenters. The second-order valence-corrected chi connectivity index (χ2v) is 16.0. The van der Waals surface area contributed by atoms with Crippen LogP contribution in [0.4, 0.5) is 0 Å². The average molecular weight is 791 g/mol. The van der Waals surface area contributed by atoms with Crippen LogP contribution < -0.4 is 0 Å². The first kappa shape index (κ1) is 34.5. The molecule has 0 saturated heterocycles. The number of aromatic nitrogens is 4. The number of hydrogen-bond donors (Lipinski definition) is 0. The summed E-state index contributed by atoms with van der Waals surface area (Å²) in [5.41, 5.74) is 9.99. The molecule has 0 aliphatic rings. The van der Waals surface area contributed by atoms with E-state index in [1.54, 1.807) is 0 Å². The monoisotopic (exact) mass is 790 g/mol. The van der Waals surface area contributed by atoms with Crippen molar-refractivity contribution in [3.63, 3.8) is 0 Å². The van der Waals surface area contributed by atoms with Crippen LogP contribution in [0.1, 0.15) is 0 Å². The highest BCUT2D eigenvalue weighted by Crippen LogP contribution is 2.44. The molecule has 0 aliphatic carbocycles. The van der Waals surface area contributed by atoms with E-state index in [-0.39, 0.29) is 0 Å². The van der Waals surface area contributed by atoms with Gasteiger partial charge in [0.2, 0.25) is 0 Å². The smallest absolute Gasteiger partial charge is 0.164 e. The first-order chi connectivity index (χ1) is 30.7. The van der Waals surface area contributed by atoms with Gasteiger partial charge in [-0.15, -0.1) is 0 Å². The van der Waals surface area contributed by atoms with Crippen LogP contribution in [0.5, 0.6) is 0 Å². The van der Waals surface area contributed by atoms with Crippen LogP contribution in [0.15, 0.2) is 211 Å². The number of furan rings is 1. The topological polar surface area (TPSA) is 56.7 Å². The van der Waals surface area contributed by atoms with Gasteiger partial charge < -0.3 is 8.98 Å². The molecule has 5 heteroatoms. The number of nitrogens with zero attached hydrogens (tertiary/aromatic N) is 4. The summed E-state index contributed by atoms with van der Waals surface area (Å²) < 4.78 is 9.35. The first-order valence-electron chi connectivity index (χ1n) is 20.9. The van der Waals surface area contributed by atoms with E-state index in [1.165, 1.54) is 32.3 Å². The van der Waals surface area contributed by atoms with Gasteiger partial charge in [-0.25, -0.2) is 15.0 Å². The Morgan fingerprint density at radius 1 is 0.339 bits per heavy atom. The molecular formula is C57H34N4O. The quantitative estimate of drug-likeness (QED) is 0.174. The van der Waals surface area contributed by atoms with Crippen LogP contribution >= 0.6 is 0 Å². The molecule has 0 radical (unpaired) electrons. The van der Waals surface area contributed by atoms with Crippen LogP contribution in [0.3, 0.4) is 0 Å². The maximum absolute atomic E-state index is 6.90. The number of rotatable bonds is 5. The minimum Gasteiger partial charge on any atom is -0.455 e. The normalized spacial score (nSPS) is 11.9. The van der Waals surface area contributed by atoms with Crippen molar-refractivity contribution >= 4 is 76.1 Å². The molecule has 10 aromatic carbocycles. The summed E-state index contributed by atoms with van der Waals surface area (Å²) in [6.45, 7) is 0. The molecule has 0 spiro atoms. The molecule has 5 nitrogen and oxygen atoms in total. The number of fused-ring (bicyclic) bond motifs is 10. The van der Waals surface area contributed by atoms with Crippen molar-refractivity contribution in [1.29, 1.82) is 0 Å². The molecule has 3 aromatic heterocycles. The second kappa shape index (κ2) is 13.6. The summed E-state index contributed by atoms with van der Waals surface area (Å²) in [6, 6.07) is 72.8. The van der Waals surface area contributed by atoms with E-state index in [1.807, 2.05) is 42.5 Å². The molecule has 0 unspecified atom stereocenters. The van der Waals surface area contributed by atoms with E-state index in [9.17, 15) is 0 Å². The first-order valence-corrected chi connectivity index (χ1v) is 20.9. The van der Waals surface area contributed by atoms with E-state index >= 15 is 0 Å². The maximum atomic E-state index is 6.90. The van der Waals surface area contributed by atoms with E-state index in [4.69, 9.17) is 19.4 Å². The summed E-state index contributed by atoms with van der Waals surface area (Å²) in [6.07, 6.45) is 0. The van der Waals surface area contributed by atoms with Gasteiger partial charge in [0.1, 0.15) is 11.2 Å². The van der Waals surface area contributed by atoms with Crippen molar-refractivity contribution in [1.82, 2.24) is 19.5 Å². The van der Waals surface area contributed by atoms with Crippen molar-refractivity contribution in [2.45, 2.75) is 0 Å². The fraction of sp³-hybridized carbons (Fsp3) is 0. The lowest BCUT2D eigenvalue weighted by atomic mass is 10.0. The Bertz CT molecular complexity index is 3810. The Morgan fingerprint density at radius 2 is 0.823 bits per heavy atom. The van der Waals surface area contributed by atoms with Gasteiger partial charge in [0, 0.05) is 49.0 Å². The largest absolute Gasteiger partial charge is 0.455 e. The number of hydrogen-bond acceptors (Lipinski definition) is 4. The SMILES string of the molecule is c1ccc(-c2ccc(-c3nc(-c4ccccc4)nc(-c4cccc5oc6c7ccccc7c(-n7c8cc9ccccc9cc8c8cc9ccccc9cc87)cc6c45)n3)cc2)cc1. The molecule has 0 fully saturated rings. The fourth-order valence-corrected chi connectivity index (χ4v) is 9.43. The summed E-state index contributed by atoms with van der Waals surface area (Å²) in [5, 5.41) is 11.4. The average Bonchev–Trinajstić information content (AvgIpc) is 3.87. The lowest BCUT2D eigenvalue weighted by molar-refractivity contribution is 0.672. The summed E-state index contributed by atoms with van der Waals surface area (Å²) >= 11 is 0. The van der Waals surface area contributed by atoms with Gasteiger partial charge in [-0.05, 0) is 69.1 Å². The zero-order valence-electron chi connectivity index (χ0n) is 33.3. The second-order valence-electron chi connectivity index (χ2n) is 16.0. The lowest BCUT2D eigenvalue weighted by Crippen LogP contribution is -2.00. The molecular weight excluding hydrogens is 757 g/mol. The lowest BCUT2D eigenvalue weighted by Gasteiger charge is -2.13. The third kappa shape index (κ3) is 5.38. The Balaban J connectivity index is 1.09. The van der Waals surface area contributed by atoms with E-state index < -0.39 is 0 Å². The molecule has 0 amide bonds. The highest BCUT2D eigenvalue weighted by Gasteiger charge is 2.23. The highest BCUT2D eigenvalue weighted by molar-refractivity contribution is 6.23. The molecule has 0 aliphatic heterocycles. The summed E-state index contributed by atoms with van der Waals surface area (Å²) in [5.74, 6) is 1.80. The van der Waals surface area contributed by atoms with Crippen LogP contribution in [-0.4, -0.2) is 19.5 Å². The predicted molar refractivity (Wildman–Crippen MR) is 256 cm³/mol. The van der Waals surface area contributed by atoms with Crippen molar-refractivity contribution in [3.8, 4) is 51.0 Å². The van der Waals surface area contributed by atoms with Crippen molar-refractivity contribution in [2.75, 3.05) is 0 Å². The van der Waals surface area contributed by atoms with Crippen LogP contribution in [-0.2, 0) is 0 Å². The maximum Gasteiger partial charge on any atom is 0.164 e. The minimum absolute atomic E-state index is 0.582. The zero-order chi connectivity index (χ0) is 40.7. The van der Waals surface area contributed by atoms with Crippen molar-refractivity contribution in [2.24, 2.45) is 0 Å². The highest BCUT2D eigenvalue weighted by atomic mass is 16.3. The van der Waals surface area contributed by atoms with E-state index in [0.29, 0.717) is 17.5 Å². The van der Waals surface area contributed by atoms with Crippen molar-refractivity contribution in [3.05, 3.63) is 206 Å². The molecule has 13 rings (SSSR count). The van der Waals surface area contributed by atoms with Gasteiger partial charge in [0.25, 0.3) is 0 Å². The Kier molecular flexibility index (Phi) is 7.54.